The number of hydrogen-bond acceptors (Lipinski definition) is 3. The van der Waals surface area contributed by atoms with Crippen LogP contribution in [0.5, 0.6) is 0 Å². The molecule has 0 radical (unpaired) electrons. The highest BCUT2D eigenvalue weighted by atomic mass is 32.2. The maximum absolute atomic E-state index is 12.1. The summed E-state index contributed by atoms with van der Waals surface area (Å²) >= 11 is 1.37. The lowest BCUT2D eigenvalue weighted by atomic mass is 9.87. The lowest BCUT2D eigenvalue weighted by Gasteiger charge is -2.26. The Morgan fingerprint density at radius 3 is 2.83 bits per heavy atom. The molecule has 2 aliphatic rings. The van der Waals surface area contributed by atoms with Crippen molar-refractivity contribution in [2.75, 3.05) is 5.75 Å². The molecule has 0 bridgehead atoms. The van der Waals surface area contributed by atoms with Gasteiger partial charge < -0.3 is 5.32 Å². The molecule has 3 amide bonds. The molecule has 1 N–H and O–H groups in total. The van der Waals surface area contributed by atoms with Gasteiger partial charge in [-0.15, -0.1) is 11.8 Å². The Labute approximate surface area is 146 Å². The van der Waals surface area contributed by atoms with Gasteiger partial charge in [-0.1, -0.05) is 36.2 Å². The third-order valence-electron chi connectivity index (χ3n) is 4.28. The molecule has 0 aromatic heterocycles. The SMILES string of the molecule is Cc1ccc(CNC(=O)CSC2=NC(=O)N=C3CCCCC32)cc1. The van der Waals surface area contributed by atoms with Gasteiger partial charge in [0.15, 0.2) is 0 Å². The van der Waals surface area contributed by atoms with Crippen LogP contribution in [-0.2, 0) is 11.3 Å². The van der Waals surface area contributed by atoms with Crippen LogP contribution in [0.15, 0.2) is 34.3 Å². The van der Waals surface area contributed by atoms with Gasteiger partial charge in [0.2, 0.25) is 5.91 Å². The largest absolute Gasteiger partial charge is 0.367 e. The molecular weight excluding hydrogens is 322 g/mol. The molecule has 1 unspecified atom stereocenters. The molecule has 1 saturated carbocycles. The van der Waals surface area contributed by atoms with Crippen LogP contribution in [0.3, 0.4) is 0 Å². The maximum atomic E-state index is 12.1. The van der Waals surface area contributed by atoms with Crippen LogP contribution in [-0.4, -0.2) is 28.4 Å². The molecule has 0 spiro atoms. The quantitative estimate of drug-likeness (QED) is 0.909. The number of fused-ring (bicyclic) bond motifs is 1. The molecule has 1 aromatic carbocycles. The number of nitrogens with zero attached hydrogens (tertiary/aromatic N) is 2. The molecule has 24 heavy (non-hydrogen) atoms. The smallest absolute Gasteiger partial charge is 0.351 e. The van der Waals surface area contributed by atoms with Crippen molar-refractivity contribution in [3.8, 4) is 0 Å². The average Bonchev–Trinajstić information content (AvgIpc) is 2.59. The van der Waals surface area contributed by atoms with Crippen molar-refractivity contribution in [1.82, 2.24) is 5.32 Å². The van der Waals surface area contributed by atoms with Crippen LogP contribution in [0.1, 0.15) is 36.8 Å². The minimum atomic E-state index is -0.425. The Kier molecular flexibility index (Phi) is 5.45. The van der Waals surface area contributed by atoms with Crippen LogP contribution in [0.4, 0.5) is 4.79 Å². The molecule has 3 rings (SSSR count). The third kappa shape index (κ3) is 4.32. The first-order valence-corrected chi connectivity index (χ1v) is 9.25. The zero-order chi connectivity index (χ0) is 16.9. The van der Waals surface area contributed by atoms with Crippen molar-refractivity contribution in [2.45, 2.75) is 39.2 Å². The van der Waals surface area contributed by atoms with Gasteiger partial charge in [-0.3, -0.25) is 4.79 Å². The molecule has 126 valence electrons. The Bertz CT molecular complexity index is 695. The van der Waals surface area contributed by atoms with E-state index in [2.05, 4.69) is 15.3 Å². The van der Waals surface area contributed by atoms with Gasteiger partial charge in [-0.2, -0.15) is 4.99 Å². The monoisotopic (exact) mass is 343 g/mol. The van der Waals surface area contributed by atoms with E-state index in [-0.39, 0.29) is 17.6 Å². The van der Waals surface area contributed by atoms with Crippen LogP contribution >= 0.6 is 11.8 Å². The number of carbonyl (C=O) groups excluding carboxylic acids is 2. The Balaban J connectivity index is 1.50. The van der Waals surface area contributed by atoms with Gasteiger partial charge in [-0.25, -0.2) is 9.79 Å². The number of thioether (sulfide) groups is 1. The third-order valence-corrected chi connectivity index (χ3v) is 5.36. The molecule has 1 aromatic rings. The highest BCUT2D eigenvalue weighted by Gasteiger charge is 2.30. The number of benzene rings is 1. The number of nitrogens with one attached hydrogen (secondary N) is 1. The standard InChI is InChI=1S/C18H21N3O2S/c1-12-6-8-13(9-7-12)10-19-16(22)11-24-17-14-4-2-3-5-15(14)20-18(23)21-17/h6-9,14H,2-5,10-11H2,1H3,(H,19,22). The van der Waals surface area contributed by atoms with E-state index in [9.17, 15) is 9.59 Å². The van der Waals surface area contributed by atoms with Crippen molar-refractivity contribution in [3.63, 3.8) is 0 Å². The molecule has 1 heterocycles. The summed E-state index contributed by atoms with van der Waals surface area (Å²) in [6, 6.07) is 7.66. The zero-order valence-electron chi connectivity index (χ0n) is 13.7. The number of amides is 3. The average molecular weight is 343 g/mol. The van der Waals surface area contributed by atoms with Crippen LogP contribution < -0.4 is 5.32 Å². The summed E-state index contributed by atoms with van der Waals surface area (Å²) in [6.45, 7) is 2.55. The van der Waals surface area contributed by atoms with E-state index < -0.39 is 6.03 Å². The number of carbonyl (C=O) groups is 2. The first-order valence-electron chi connectivity index (χ1n) is 8.27. The second-order valence-electron chi connectivity index (χ2n) is 6.19. The Hall–Kier alpha value is -1.95. The highest BCUT2D eigenvalue weighted by molar-refractivity contribution is 8.14. The summed E-state index contributed by atoms with van der Waals surface area (Å²) in [5.41, 5.74) is 3.22. The van der Waals surface area contributed by atoms with Gasteiger partial charge in [0, 0.05) is 18.2 Å². The van der Waals surface area contributed by atoms with E-state index >= 15 is 0 Å². The van der Waals surface area contributed by atoms with Crippen LogP contribution in [0.2, 0.25) is 0 Å². The van der Waals surface area contributed by atoms with Gasteiger partial charge in [0.25, 0.3) is 0 Å². The topological polar surface area (TPSA) is 70.9 Å². The van der Waals surface area contributed by atoms with Crippen LogP contribution in [0, 0.1) is 12.8 Å². The summed E-state index contributed by atoms with van der Waals surface area (Å²) in [5.74, 6) is 0.379. The van der Waals surface area contributed by atoms with Crippen molar-refractivity contribution in [3.05, 3.63) is 35.4 Å². The minimum absolute atomic E-state index is 0.0457. The normalized spacial score (nSPS) is 20.0. The van der Waals surface area contributed by atoms with Gasteiger partial charge >= 0.3 is 6.03 Å². The summed E-state index contributed by atoms with van der Waals surface area (Å²) < 4.78 is 0. The van der Waals surface area contributed by atoms with Crippen molar-refractivity contribution in [2.24, 2.45) is 15.9 Å². The summed E-state index contributed by atoms with van der Waals surface area (Å²) in [4.78, 5) is 31.8. The second kappa shape index (κ2) is 7.75. The molecule has 1 atom stereocenters. The van der Waals surface area contributed by atoms with E-state index in [1.807, 2.05) is 31.2 Å². The molecule has 5 nitrogen and oxygen atoms in total. The van der Waals surface area contributed by atoms with Crippen LogP contribution in [0.25, 0.3) is 0 Å². The molecule has 1 fully saturated rings. The number of rotatable bonds is 4. The van der Waals surface area contributed by atoms with E-state index in [0.717, 1.165) is 42.0 Å². The fourth-order valence-electron chi connectivity index (χ4n) is 2.95. The van der Waals surface area contributed by atoms with Crippen molar-refractivity contribution < 1.29 is 9.59 Å². The zero-order valence-corrected chi connectivity index (χ0v) is 14.6. The number of aryl methyl sites for hydroxylation is 1. The number of aliphatic imine (C=N–C) groups is 2. The fraction of sp³-hybridized carbons (Fsp3) is 0.444. The van der Waals surface area contributed by atoms with Gasteiger partial charge in [0.1, 0.15) is 0 Å². The maximum Gasteiger partial charge on any atom is 0.367 e. The number of hydrogen-bond donors (Lipinski definition) is 1. The van der Waals surface area contributed by atoms with E-state index in [1.54, 1.807) is 0 Å². The van der Waals surface area contributed by atoms with Gasteiger partial charge in [-0.05, 0) is 31.7 Å². The van der Waals surface area contributed by atoms with Crippen molar-refractivity contribution in [1.29, 1.82) is 0 Å². The number of urea groups is 1. The Morgan fingerprint density at radius 2 is 2.04 bits per heavy atom. The predicted octanol–water partition coefficient (Wildman–Crippen LogP) is 3.51. The summed E-state index contributed by atoms with van der Waals surface area (Å²) in [7, 11) is 0. The predicted molar refractivity (Wildman–Crippen MR) is 97.7 cm³/mol. The lowest BCUT2D eigenvalue weighted by molar-refractivity contribution is -0.118. The second-order valence-corrected chi connectivity index (χ2v) is 7.18. The molecule has 1 aliphatic heterocycles. The van der Waals surface area contributed by atoms with Gasteiger partial charge in [0.05, 0.1) is 10.8 Å². The molecule has 6 heteroatoms. The Morgan fingerprint density at radius 1 is 1.25 bits per heavy atom. The lowest BCUT2D eigenvalue weighted by Crippen LogP contribution is -2.32. The molecule has 1 aliphatic carbocycles. The minimum Gasteiger partial charge on any atom is -0.351 e. The fourth-order valence-corrected chi connectivity index (χ4v) is 3.92. The first-order chi connectivity index (χ1) is 11.6. The molecular formula is C18H21N3O2S. The molecule has 0 saturated heterocycles. The highest BCUT2D eigenvalue weighted by Crippen LogP contribution is 2.30. The summed E-state index contributed by atoms with van der Waals surface area (Å²) in [5, 5.41) is 3.67. The van der Waals surface area contributed by atoms with E-state index in [1.165, 1.54) is 17.3 Å². The van der Waals surface area contributed by atoms with Crippen molar-refractivity contribution >= 4 is 34.5 Å². The summed E-state index contributed by atoms with van der Waals surface area (Å²) in [6.07, 6.45) is 4.05. The first kappa shape index (κ1) is 16.9. The van der Waals surface area contributed by atoms with E-state index in [4.69, 9.17) is 0 Å². The van der Waals surface area contributed by atoms with E-state index in [0.29, 0.717) is 6.54 Å².